The van der Waals surface area contributed by atoms with Gasteiger partial charge in [-0.2, -0.15) is 17.9 Å². The fourth-order valence-corrected chi connectivity index (χ4v) is 5.65. The van der Waals surface area contributed by atoms with E-state index in [1.165, 1.54) is 22.7 Å². The molecule has 0 unspecified atom stereocenters. The summed E-state index contributed by atoms with van der Waals surface area (Å²) < 4.78 is 28.0. The molecule has 6 nitrogen and oxygen atoms in total. The van der Waals surface area contributed by atoms with Gasteiger partial charge in [-0.1, -0.05) is 35.9 Å². The number of thiophene rings is 1. The number of anilines is 1. The number of sulfonamides is 1. The van der Waals surface area contributed by atoms with Crippen LogP contribution in [0.4, 0.5) is 5.69 Å². The van der Waals surface area contributed by atoms with E-state index in [4.69, 9.17) is 0 Å². The standard InChI is InChI=1S/C22H21N3O3S2/c1-15-5-11-19(12-6-15)30(27,28)25-21(22-4-3-13-29-22)14-20(24-25)17-7-9-18(10-8-17)23-16(2)26/h3-13,21H,14H2,1-2H3,(H,23,26)/t21-/m0/s1. The lowest BCUT2D eigenvalue weighted by atomic mass is 10.0. The lowest BCUT2D eigenvalue weighted by Gasteiger charge is -2.22. The Balaban J connectivity index is 1.71. The van der Waals surface area contributed by atoms with Crippen molar-refractivity contribution in [3.63, 3.8) is 0 Å². The fraction of sp³-hybridized carbons (Fsp3) is 0.182. The third kappa shape index (κ3) is 4.01. The van der Waals surface area contributed by atoms with Gasteiger partial charge in [-0.25, -0.2) is 0 Å². The third-order valence-electron chi connectivity index (χ3n) is 4.85. The first-order chi connectivity index (χ1) is 14.3. The van der Waals surface area contributed by atoms with Gasteiger partial charge in [0.15, 0.2) is 0 Å². The summed E-state index contributed by atoms with van der Waals surface area (Å²) in [5, 5.41) is 9.20. The Bertz CT molecular complexity index is 1180. The van der Waals surface area contributed by atoms with Gasteiger partial charge in [-0.3, -0.25) is 4.79 Å². The first-order valence-corrected chi connectivity index (χ1v) is 11.8. The molecule has 1 atom stereocenters. The Morgan fingerprint density at radius 3 is 2.40 bits per heavy atom. The van der Waals surface area contributed by atoms with Crippen LogP contribution in [0.1, 0.15) is 35.4 Å². The van der Waals surface area contributed by atoms with Gasteiger partial charge in [0.1, 0.15) is 6.04 Å². The highest BCUT2D eigenvalue weighted by Gasteiger charge is 2.38. The number of carbonyl (C=O) groups is 1. The maximum absolute atomic E-state index is 13.4. The molecule has 1 N–H and O–H groups in total. The summed E-state index contributed by atoms with van der Waals surface area (Å²) in [6.45, 7) is 3.37. The Kier molecular flexibility index (Phi) is 5.44. The number of benzene rings is 2. The number of carbonyl (C=O) groups excluding carboxylic acids is 1. The van der Waals surface area contributed by atoms with Gasteiger partial charge in [0.2, 0.25) is 5.91 Å². The summed E-state index contributed by atoms with van der Waals surface area (Å²) >= 11 is 1.52. The molecule has 1 aliphatic rings. The minimum Gasteiger partial charge on any atom is -0.326 e. The van der Waals surface area contributed by atoms with E-state index >= 15 is 0 Å². The molecule has 0 radical (unpaired) electrons. The molecule has 4 rings (SSSR count). The van der Waals surface area contributed by atoms with Crippen molar-refractivity contribution in [1.29, 1.82) is 0 Å². The maximum Gasteiger partial charge on any atom is 0.279 e. The zero-order valence-electron chi connectivity index (χ0n) is 16.6. The number of nitrogens with zero attached hydrogens (tertiary/aromatic N) is 2. The van der Waals surface area contributed by atoms with Gasteiger partial charge >= 0.3 is 0 Å². The average Bonchev–Trinajstić information content (AvgIpc) is 3.38. The highest BCUT2D eigenvalue weighted by Crippen LogP contribution is 2.39. The van der Waals surface area contributed by atoms with E-state index in [-0.39, 0.29) is 16.8 Å². The van der Waals surface area contributed by atoms with Crippen molar-refractivity contribution < 1.29 is 13.2 Å². The Morgan fingerprint density at radius 2 is 1.80 bits per heavy atom. The monoisotopic (exact) mass is 439 g/mol. The van der Waals surface area contributed by atoms with Crippen molar-refractivity contribution in [2.75, 3.05) is 5.32 Å². The van der Waals surface area contributed by atoms with Crippen molar-refractivity contribution in [2.45, 2.75) is 31.2 Å². The van der Waals surface area contributed by atoms with Gasteiger partial charge in [-0.05, 0) is 48.2 Å². The van der Waals surface area contributed by atoms with Crippen molar-refractivity contribution in [3.05, 3.63) is 82.0 Å². The SMILES string of the molecule is CC(=O)Nc1ccc(C2=NN(S(=O)(=O)c3ccc(C)cc3)[C@H](c3cccs3)C2)cc1. The minimum absolute atomic E-state index is 0.144. The molecule has 1 aliphatic heterocycles. The molecule has 0 saturated carbocycles. The van der Waals surface area contributed by atoms with Crippen molar-refractivity contribution in [3.8, 4) is 0 Å². The summed E-state index contributed by atoms with van der Waals surface area (Å²) in [5.74, 6) is -0.144. The highest BCUT2D eigenvalue weighted by molar-refractivity contribution is 7.89. The number of nitrogens with one attached hydrogen (secondary N) is 1. The van der Waals surface area contributed by atoms with Crippen LogP contribution in [0.3, 0.4) is 0 Å². The lowest BCUT2D eigenvalue weighted by Crippen LogP contribution is -2.26. The van der Waals surface area contributed by atoms with Crippen molar-refractivity contribution in [2.24, 2.45) is 5.10 Å². The van der Waals surface area contributed by atoms with Gasteiger partial charge in [0.05, 0.1) is 10.6 Å². The van der Waals surface area contributed by atoms with Gasteiger partial charge < -0.3 is 5.32 Å². The van der Waals surface area contributed by atoms with Crippen LogP contribution >= 0.6 is 11.3 Å². The summed E-state index contributed by atoms with van der Waals surface area (Å²) in [6.07, 6.45) is 0.477. The molecule has 1 aromatic heterocycles. The Labute approximate surface area is 179 Å². The fourth-order valence-electron chi connectivity index (χ4n) is 3.35. The predicted octanol–water partition coefficient (Wildman–Crippen LogP) is 4.55. The van der Waals surface area contributed by atoms with Gasteiger partial charge in [0, 0.05) is 23.9 Å². The zero-order chi connectivity index (χ0) is 21.3. The first-order valence-electron chi connectivity index (χ1n) is 9.44. The molecule has 1 amide bonds. The van der Waals surface area contributed by atoms with Crippen LogP contribution in [0.2, 0.25) is 0 Å². The van der Waals surface area contributed by atoms with E-state index in [0.717, 1.165) is 16.0 Å². The topological polar surface area (TPSA) is 78.8 Å². The van der Waals surface area contributed by atoms with Crippen LogP contribution in [0, 0.1) is 6.92 Å². The van der Waals surface area contributed by atoms with Crippen LogP contribution in [0.25, 0.3) is 0 Å². The van der Waals surface area contributed by atoms with E-state index in [1.807, 2.05) is 36.6 Å². The maximum atomic E-state index is 13.4. The molecule has 0 fully saturated rings. The predicted molar refractivity (Wildman–Crippen MR) is 119 cm³/mol. The summed E-state index contributed by atoms with van der Waals surface area (Å²) in [5.41, 5.74) is 3.20. The van der Waals surface area contributed by atoms with Gasteiger partial charge in [0.25, 0.3) is 10.0 Å². The molecule has 154 valence electrons. The van der Waals surface area contributed by atoms with Gasteiger partial charge in [-0.15, -0.1) is 11.3 Å². The van der Waals surface area contributed by atoms with Crippen LogP contribution in [0.15, 0.2) is 76.0 Å². The summed E-state index contributed by atoms with van der Waals surface area (Å²) in [6, 6.07) is 17.5. The molecule has 30 heavy (non-hydrogen) atoms. The molecule has 8 heteroatoms. The Morgan fingerprint density at radius 1 is 1.10 bits per heavy atom. The molecule has 2 heterocycles. The van der Waals surface area contributed by atoms with E-state index in [0.29, 0.717) is 17.8 Å². The second kappa shape index (κ2) is 8.04. The molecule has 2 aromatic carbocycles. The smallest absolute Gasteiger partial charge is 0.279 e. The summed E-state index contributed by atoms with van der Waals surface area (Å²) in [4.78, 5) is 12.4. The molecule has 3 aromatic rings. The number of aryl methyl sites for hydroxylation is 1. The van der Waals surface area contributed by atoms with E-state index in [1.54, 1.807) is 36.4 Å². The largest absolute Gasteiger partial charge is 0.326 e. The second-order valence-corrected chi connectivity index (χ2v) is 9.91. The molecule has 0 spiro atoms. The third-order valence-corrected chi connectivity index (χ3v) is 7.52. The Hall–Kier alpha value is -2.97. The molecular weight excluding hydrogens is 418 g/mol. The van der Waals surface area contributed by atoms with Crippen molar-refractivity contribution in [1.82, 2.24) is 4.41 Å². The van der Waals surface area contributed by atoms with Crippen LogP contribution < -0.4 is 5.32 Å². The van der Waals surface area contributed by atoms with Crippen LogP contribution in [-0.4, -0.2) is 24.5 Å². The van der Waals surface area contributed by atoms with E-state index in [9.17, 15) is 13.2 Å². The zero-order valence-corrected chi connectivity index (χ0v) is 18.2. The quantitative estimate of drug-likeness (QED) is 0.633. The van der Waals surface area contributed by atoms with E-state index < -0.39 is 10.0 Å². The molecule has 0 saturated heterocycles. The molecule has 0 bridgehead atoms. The minimum atomic E-state index is -3.80. The second-order valence-electron chi connectivity index (χ2n) is 7.13. The number of hydrogen-bond donors (Lipinski definition) is 1. The number of hydrogen-bond acceptors (Lipinski definition) is 5. The normalized spacial score (nSPS) is 16.4. The van der Waals surface area contributed by atoms with Crippen LogP contribution in [-0.2, 0) is 14.8 Å². The van der Waals surface area contributed by atoms with Crippen LogP contribution in [0.5, 0.6) is 0 Å². The summed E-state index contributed by atoms with van der Waals surface area (Å²) in [7, 11) is -3.80. The highest BCUT2D eigenvalue weighted by atomic mass is 32.2. The van der Waals surface area contributed by atoms with Crippen molar-refractivity contribution >= 4 is 38.7 Å². The average molecular weight is 440 g/mol. The number of hydrazone groups is 1. The van der Waals surface area contributed by atoms with E-state index in [2.05, 4.69) is 10.4 Å². The number of amides is 1. The number of rotatable bonds is 5. The first kappa shape index (κ1) is 20.3. The molecular formula is C22H21N3O3S2. The molecule has 0 aliphatic carbocycles. The lowest BCUT2D eigenvalue weighted by molar-refractivity contribution is -0.114.